The van der Waals surface area contributed by atoms with Gasteiger partial charge in [-0.25, -0.2) is 18.4 Å². The Labute approximate surface area is 210 Å². The lowest BCUT2D eigenvalue weighted by Crippen LogP contribution is -2.49. The number of pyridine rings is 1. The van der Waals surface area contributed by atoms with Crippen molar-refractivity contribution >= 4 is 21.6 Å². The highest BCUT2D eigenvalue weighted by atomic mass is 35.5. The Balaban J connectivity index is 1.29. The van der Waals surface area contributed by atoms with E-state index >= 15 is 0 Å². The molecule has 5 rings (SSSR count). The highest BCUT2D eigenvalue weighted by molar-refractivity contribution is 7.88. The third-order valence-electron chi connectivity index (χ3n) is 6.67. The third kappa shape index (κ3) is 4.98. The van der Waals surface area contributed by atoms with E-state index in [1.54, 1.807) is 34.8 Å². The van der Waals surface area contributed by atoms with Crippen LogP contribution in [0.15, 0.2) is 48.9 Å². The van der Waals surface area contributed by atoms with Crippen molar-refractivity contribution in [3.8, 4) is 17.5 Å². The predicted molar refractivity (Wildman–Crippen MR) is 132 cm³/mol. The number of halogens is 1. The minimum atomic E-state index is -3.50. The number of rotatable bonds is 7. The molecule has 35 heavy (non-hydrogen) atoms. The monoisotopic (exact) mass is 514 g/mol. The first-order valence-electron chi connectivity index (χ1n) is 11.6. The summed E-state index contributed by atoms with van der Waals surface area (Å²) < 4.78 is 40.6. The molecule has 1 aromatic carbocycles. The van der Waals surface area contributed by atoms with E-state index in [9.17, 15) is 8.42 Å². The van der Waals surface area contributed by atoms with E-state index < -0.39 is 10.0 Å². The third-order valence-corrected chi connectivity index (χ3v) is 8.96. The second-order valence-corrected chi connectivity index (χ2v) is 11.4. The van der Waals surface area contributed by atoms with E-state index in [0.29, 0.717) is 46.5 Å². The topological polar surface area (TPSA) is 94.5 Å². The molecular formula is C25H27ClN4O4S. The van der Waals surface area contributed by atoms with E-state index in [4.69, 9.17) is 21.1 Å². The molecule has 0 aliphatic carbocycles. The minimum absolute atomic E-state index is 0.0926. The SMILES string of the molecule is Cc1ncccc1Oc1ncnc(OC2C[C@@H]3CC[C@@H](C2)N3S(=O)(=O)Cc2ccccc2Cl)c1C. The molecule has 2 saturated heterocycles. The number of hydrogen-bond donors (Lipinski definition) is 0. The van der Waals surface area contributed by atoms with Gasteiger partial charge in [-0.05, 0) is 50.5 Å². The van der Waals surface area contributed by atoms with Crippen LogP contribution in [-0.2, 0) is 15.8 Å². The molecule has 2 bridgehead atoms. The van der Waals surface area contributed by atoms with E-state index in [2.05, 4.69) is 15.0 Å². The lowest BCUT2D eigenvalue weighted by Gasteiger charge is -2.37. The molecule has 2 fully saturated rings. The summed E-state index contributed by atoms with van der Waals surface area (Å²) >= 11 is 6.23. The molecule has 2 aromatic heterocycles. The lowest BCUT2D eigenvalue weighted by molar-refractivity contribution is 0.0907. The first-order valence-corrected chi connectivity index (χ1v) is 13.6. The Bertz CT molecular complexity index is 1320. The predicted octanol–water partition coefficient (Wildman–Crippen LogP) is 4.84. The Hall–Kier alpha value is -2.75. The van der Waals surface area contributed by atoms with Crippen molar-refractivity contribution in [2.45, 2.75) is 63.5 Å². The largest absolute Gasteiger partial charge is 0.474 e. The van der Waals surface area contributed by atoms with Gasteiger partial charge in [0.2, 0.25) is 21.8 Å². The molecule has 0 spiro atoms. The number of aryl methyl sites for hydroxylation is 1. The summed E-state index contributed by atoms with van der Waals surface area (Å²) in [5.41, 5.74) is 2.08. The summed E-state index contributed by atoms with van der Waals surface area (Å²) in [5, 5.41) is 0.473. The van der Waals surface area contributed by atoms with E-state index in [0.717, 1.165) is 18.5 Å². The number of benzene rings is 1. The molecule has 2 aliphatic rings. The summed E-state index contributed by atoms with van der Waals surface area (Å²) in [4.78, 5) is 12.8. The van der Waals surface area contributed by atoms with Crippen molar-refractivity contribution in [2.75, 3.05) is 0 Å². The van der Waals surface area contributed by atoms with E-state index in [1.165, 1.54) is 6.33 Å². The van der Waals surface area contributed by atoms with Gasteiger partial charge in [-0.3, -0.25) is 4.98 Å². The number of hydrogen-bond acceptors (Lipinski definition) is 7. The van der Waals surface area contributed by atoms with Gasteiger partial charge in [-0.15, -0.1) is 0 Å². The molecule has 184 valence electrons. The zero-order valence-electron chi connectivity index (χ0n) is 19.6. The molecule has 3 aromatic rings. The quantitative estimate of drug-likeness (QED) is 0.445. The number of piperidine rings is 1. The second-order valence-electron chi connectivity index (χ2n) is 9.07. The standard InChI is InChI=1S/C25H27ClN4O4S/c1-16-24(28-15-29-25(16)34-23-8-5-11-27-17(23)2)33-21-12-19-9-10-20(13-21)30(19)35(31,32)14-18-6-3-4-7-22(18)26/h3-8,11,15,19-21H,9-10,12-14H2,1-2H3/t19-,20-/m0/s1. The van der Waals surface area contributed by atoms with Gasteiger partial charge in [0, 0.05) is 36.1 Å². The summed E-state index contributed by atoms with van der Waals surface area (Å²) in [5.74, 6) is 1.39. The van der Waals surface area contributed by atoms with Gasteiger partial charge in [-0.1, -0.05) is 29.8 Å². The van der Waals surface area contributed by atoms with Gasteiger partial charge in [0.05, 0.1) is 17.0 Å². The minimum Gasteiger partial charge on any atom is -0.474 e. The van der Waals surface area contributed by atoms with Crippen LogP contribution >= 0.6 is 11.6 Å². The molecule has 0 amide bonds. The van der Waals surface area contributed by atoms with Gasteiger partial charge in [0.15, 0.2) is 5.75 Å². The molecule has 8 nitrogen and oxygen atoms in total. The van der Waals surface area contributed by atoms with Gasteiger partial charge >= 0.3 is 0 Å². The van der Waals surface area contributed by atoms with Crippen molar-refractivity contribution in [3.05, 3.63) is 70.8 Å². The maximum atomic E-state index is 13.3. The summed E-state index contributed by atoms with van der Waals surface area (Å²) in [6.07, 6.45) is 5.85. The normalized spacial score (nSPS) is 22.2. The smallest absolute Gasteiger partial charge is 0.229 e. The average molecular weight is 515 g/mol. The number of ether oxygens (including phenoxy) is 2. The molecule has 0 unspecified atom stereocenters. The van der Waals surface area contributed by atoms with Gasteiger partial charge in [-0.2, -0.15) is 4.31 Å². The summed E-state index contributed by atoms with van der Waals surface area (Å²) in [7, 11) is -3.50. The number of nitrogens with zero attached hydrogens (tertiary/aromatic N) is 4. The van der Waals surface area contributed by atoms with Gasteiger partial charge < -0.3 is 9.47 Å². The van der Waals surface area contributed by atoms with Crippen LogP contribution in [0.4, 0.5) is 0 Å². The number of aromatic nitrogens is 3. The lowest BCUT2D eigenvalue weighted by atomic mass is 10.0. The fraction of sp³-hybridized carbons (Fsp3) is 0.400. The zero-order valence-corrected chi connectivity index (χ0v) is 21.2. The fourth-order valence-electron chi connectivity index (χ4n) is 5.00. The molecule has 10 heteroatoms. The summed E-state index contributed by atoms with van der Waals surface area (Å²) in [6.45, 7) is 3.72. The van der Waals surface area contributed by atoms with Gasteiger partial charge in [0.1, 0.15) is 12.4 Å². The molecule has 2 atom stereocenters. The second kappa shape index (κ2) is 9.72. The molecule has 0 radical (unpaired) electrons. The Morgan fingerprint density at radius 3 is 2.43 bits per heavy atom. The highest BCUT2D eigenvalue weighted by Gasteiger charge is 2.47. The Morgan fingerprint density at radius 1 is 1.00 bits per heavy atom. The van der Waals surface area contributed by atoms with Crippen molar-refractivity contribution in [1.29, 1.82) is 0 Å². The van der Waals surface area contributed by atoms with Crippen LogP contribution in [0.5, 0.6) is 17.5 Å². The van der Waals surface area contributed by atoms with Crippen LogP contribution in [0.2, 0.25) is 5.02 Å². The highest BCUT2D eigenvalue weighted by Crippen LogP contribution is 2.41. The van der Waals surface area contributed by atoms with Crippen LogP contribution in [0.3, 0.4) is 0 Å². The molecular weight excluding hydrogens is 488 g/mol. The van der Waals surface area contributed by atoms with Crippen molar-refractivity contribution in [2.24, 2.45) is 0 Å². The van der Waals surface area contributed by atoms with E-state index in [1.807, 2.05) is 26.0 Å². The first kappa shape index (κ1) is 24.0. The van der Waals surface area contributed by atoms with Crippen molar-refractivity contribution < 1.29 is 17.9 Å². The van der Waals surface area contributed by atoms with Crippen molar-refractivity contribution in [3.63, 3.8) is 0 Å². The Kier molecular flexibility index (Phi) is 6.65. The molecule has 0 N–H and O–H groups in total. The fourth-order valence-corrected chi connectivity index (χ4v) is 7.37. The summed E-state index contributed by atoms with van der Waals surface area (Å²) in [6, 6.07) is 10.5. The molecule has 2 aliphatic heterocycles. The van der Waals surface area contributed by atoms with Crippen LogP contribution in [0.25, 0.3) is 0 Å². The van der Waals surface area contributed by atoms with Crippen LogP contribution in [0.1, 0.15) is 42.5 Å². The number of fused-ring (bicyclic) bond motifs is 2. The first-order chi connectivity index (χ1) is 16.8. The van der Waals surface area contributed by atoms with E-state index in [-0.39, 0.29) is 23.9 Å². The maximum absolute atomic E-state index is 13.3. The van der Waals surface area contributed by atoms with Crippen LogP contribution < -0.4 is 9.47 Å². The van der Waals surface area contributed by atoms with Crippen molar-refractivity contribution in [1.82, 2.24) is 19.3 Å². The number of sulfonamides is 1. The maximum Gasteiger partial charge on any atom is 0.229 e. The molecule has 4 heterocycles. The van der Waals surface area contributed by atoms with Crippen LogP contribution in [-0.4, -0.2) is 45.9 Å². The zero-order chi connectivity index (χ0) is 24.6. The average Bonchev–Trinajstić information content (AvgIpc) is 3.11. The molecule has 0 saturated carbocycles. The Morgan fingerprint density at radius 2 is 1.71 bits per heavy atom. The van der Waals surface area contributed by atoms with Gasteiger partial charge in [0.25, 0.3) is 0 Å². The van der Waals surface area contributed by atoms with Crippen LogP contribution in [0, 0.1) is 13.8 Å².